The topological polar surface area (TPSA) is 35.6 Å². The number of piperazine rings is 1. The van der Waals surface area contributed by atoms with Crippen molar-refractivity contribution in [1.82, 2.24) is 15.1 Å². The van der Waals surface area contributed by atoms with Gasteiger partial charge < -0.3 is 10.2 Å². The molecule has 1 N–H and O–H groups in total. The zero-order valence-corrected chi connectivity index (χ0v) is 14.0. The zero-order valence-electron chi connectivity index (χ0n) is 12.4. The highest BCUT2D eigenvalue weighted by Crippen LogP contribution is 2.24. The van der Waals surface area contributed by atoms with E-state index < -0.39 is 0 Å². The molecule has 0 aliphatic carbocycles. The van der Waals surface area contributed by atoms with Gasteiger partial charge in [0.1, 0.15) is 0 Å². The van der Waals surface area contributed by atoms with Gasteiger partial charge in [0.15, 0.2) is 0 Å². The molecule has 2 saturated heterocycles. The van der Waals surface area contributed by atoms with Crippen LogP contribution in [0.5, 0.6) is 0 Å². The van der Waals surface area contributed by atoms with Crippen molar-refractivity contribution in [2.24, 2.45) is 0 Å². The molecular weight excluding hydrogens is 306 g/mol. The number of carbonyl (C=O) groups is 1. The third-order valence-corrected chi connectivity index (χ3v) is 5.72. The van der Waals surface area contributed by atoms with Gasteiger partial charge in [-0.2, -0.15) is 0 Å². The van der Waals surface area contributed by atoms with Crippen LogP contribution in [0.3, 0.4) is 0 Å². The van der Waals surface area contributed by atoms with Crippen LogP contribution in [0, 0.1) is 0 Å². The van der Waals surface area contributed by atoms with E-state index in [9.17, 15) is 4.79 Å². The molecule has 21 heavy (non-hydrogen) atoms. The van der Waals surface area contributed by atoms with Crippen LogP contribution in [0.1, 0.15) is 24.6 Å². The van der Waals surface area contributed by atoms with Crippen molar-refractivity contribution >= 4 is 28.8 Å². The first-order chi connectivity index (χ1) is 10.1. The van der Waals surface area contributed by atoms with Crippen LogP contribution in [-0.4, -0.2) is 54.0 Å². The Morgan fingerprint density at radius 1 is 1.38 bits per heavy atom. The third kappa shape index (κ3) is 3.42. The largest absolute Gasteiger partial charge is 0.339 e. The second kappa shape index (κ2) is 6.24. The molecule has 0 bridgehead atoms. The van der Waals surface area contributed by atoms with Gasteiger partial charge in [-0.05, 0) is 38.4 Å². The van der Waals surface area contributed by atoms with E-state index >= 15 is 0 Å². The molecule has 2 fully saturated rings. The van der Waals surface area contributed by atoms with E-state index in [1.807, 2.05) is 17.9 Å². The van der Waals surface area contributed by atoms with Crippen LogP contribution >= 0.6 is 22.9 Å². The summed E-state index contributed by atoms with van der Waals surface area (Å²) in [4.78, 5) is 18.3. The van der Waals surface area contributed by atoms with Crippen LogP contribution in [0.15, 0.2) is 12.1 Å². The molecule has 4 nitrogen and oxygen atoms in total. The Morgan fingerprint density at radius 2 is 2.14 bits per heavy atom. The molecule has 0 aromatic carbocycles. The minimum atomic E-state index is -0.330. The molecule has 116 valence electrons. The maximum atomic E-state index is 12.6. The summed E-state index contributed by atoms with van der Waals surface area (Å²) >= 11 is 7.61. The average molecular weight is 328 g/mol. The molecule has 1 aromatic rings. The summed E-state index contributed by atoms with van der Waals surface area (Å²) < 4.78 is 0.846. The van der Waals surface area contributed by atoms with Gasteiger partial charge >= 0.3 is 0 Å². The van der Waals surface area contributed by atoms with Crippen molar-refractivity contribution in [3.63, 3.8) is 0 Å². The van der Waals surface area contributed by atoms with E-state index in [2.05, 4.69) is 16.3 Å². The number of thiophene rings is 1. The van der Waals surface area contributed by atoms with Gasteiger partial charge in [0.25, 0.3) is 0 Å². The Balaban J connectivity index is 1.52. The molecule has 0 radical (unpaired) electrons. The van der Waals surface area contributed by atoms with Crippen molar-refractivity contribution in [2.45, 2.75) is 31.8 Å². The summed E-state index contributed by atoms with van der Waals surface area (Å²) in [6, 6.07) is 4.04. The average Bonchev–Trinajstić information content (AvgIpc) is 3.09. The lowest BCUT2D eigenvalue weighted by Gasteiger charge is -2.38. The number of carbonyl (C=O) groups excluding carboxylic acids is 1. The molecule has 1 aromatic heterocycles. The highest BCUT2D eigenvalue weighted by atomic mass is 35.5. The fourth-order valence-corrected chi connectivity index (χ4v) is 4.32. The monoisotopic (exact) mass is 327 g/mol. The Morgan fingerprint density at radius 3 is 2.71 bits per heavy atom. The number of rotatable bonds is 3. The van der Waals surface area contributed by atoms with Crippen molar-refractivity contribution in [3.05, 3.63) is 21.3 Å². The Bertz CT molecular complexity index is 505. The van der Waals surface area contributed by atoms with Crippen LogP contribution < -0.4 is 5.32 Å². The molecule has 1 unspecified atom stereocenters. The van der Waals surface area contributed by atoms with Gasteiger partial charge in [-0.15, -0.1) is 11.3 Å². The Labute approximate surface area is 135 Å². The number of amides is 1. The Kier molecular flexibility index (Phi) is 4.54. The molecule has 1 atom stereocenters. The molecule has 3 heterocycles. The summed E-state index contributed by atoms with van der Waals surface area (Å²) in [5.41, 5.74) is -0.330. The maximum Gasteiger partial charge on any atom is 0.242 e. The van der Waals surface area contributed by atoms with Gasteiger partial charge in [0.2, 0.25) is 5.91 Å². The predicted molar refractivity (Wildman–Crippen MR) is 86.8 cm³/mol. The first-order valence-corrected chi connectivity index (χ1v) is 8.77. The van der Waals surface area contributed by atoms with Gasteiger partial charge in [-0.1, -0.05) is 11.6 Å². The summed E-state index contributed by atoms with van der Waals surface area (Å²) in [6.45, 7) is 7.48. The second-order valence-electron chi connectivity index (χ2n) is 6.14. The summed E-state index contributed by atoms with van der Waals surface area (Å²) in [7, 11) is 0. The van der Waals surface area contributed by atoms with Crippen molar-refractivity contribution < 1.29 is 4.79 Å². The standard InChI is InChI=1S/C15H22ClN3OS/c1-15(5-2-6-17-15)14(20)19-9-7-18(8-10-19)11-12-3-4-13(16)21-12/h3-4,17H,2,5-11H2,1H3. The number of nitrogens with one attached hydrogen (secondary N) is 1. The minimum Gasteiger partial charge on any atom is -0.339 e. The van der Waals surface area contributed by atoms with E-state index in [0.717, 1.165) is 56.4 Å². The van der Waals surface area contributed by atoms with E-state index in [-0.39, 0.29) is 11.4 Å². The van der Waals surface area contributed by atoms with Crippen LogP contribution in [0.4, 0.5) is 0 Å². The molecule has 2 aliphatic heterocycles. The van der Waals surface area contributed by atoms with E-state index in [0.29, 0.717) is 0 Å². The van der Waals surface area contributed by atoms with Crippen LogP contribution in [0.25, 0.3) is 0 Å². The summed E-state index contributed by atoms with van der Waals surface area (Å²) in [5, 5.41) is 3.37. The normalized spacial score (nSPS) is 27.2. The van der Waals surface area contributed by atoms with Crippen molar-refractivity contribution in [2.75, 3.05) is 32.7 Å². The molecule has 0 saturated carbocycles. The van der Waals surface area contributed by atoms with E-state index in [4.69, 9.17) is 11.6 Å². The molecule has 0 spiro atoms. The second-order valence-corrected chi connectivity index (χ2v) is 7.94. The molecular formula is C15H22ClN3OS. The maximum absolute atomic E-state index is 12.6. The number of halogens is 1. The van der Waals surface area contributed by atoms with Crippen LogP contribution in [-0.2, 0) is 11.3 Å². The zero-order chi connectivity index (χ0) is 14.9. The lowest BCUT2D eigenvalue weighted by molar-refractivity contribution is -0.139. The highest BCUT2D eigenvalue weighted by molar-refractivity contribution is 7.16. The molecule has 2 aliphatic rings. The van der Waals surface area contributed by atoms with E-state index in [1.54, 1.807) is 11.3 Å². The smallest absolute Gasteiger partial charge is 0.242 e. The lowest BCUT2D eigenvalue weighted by atomic mass is 9.98. The SMILES string of the molecule is CC1(C(=O)N2CCN(Cc3ccc(Cl)s3)CC2)CCCN1. The highest BCUT2D eigenvalue weighted by Gasteiger charge is 2.39. The quantitative estimate of drug-likeness (QED) is 0.924. The molecule has 3 rings (SSSR count). The Hall–Kier alpha value is -0.620. The van der Waals surface area contributed by atoms with Gasteiger partial charge in [0, 0.05) is 37.6 Å². The van der Waals surface area contributed by atoms with E-state index in [1.165, 1.54) is 4.88 Å². The summed E-state index contributed by atoms with van der Waals surface area (Å²) in [5.74, 6) is 0.277. The number of hydrogen-bond donors (Lipinski definition) is 1. The lowest BCUT2D eigenvalue weighted by Crippen LogP contribution is -2.57. The first-order valence-electron chi connectivity index (χ1n) is 7.58. The molecule has 1 amide bonds. The summed E-state index contributed by atoms with van der Waals surface area (Å²) in [6.07, 6.45) is 2.06. The van der Waals surface area contributed by atoms with Gasteiger partial charge in [0.05, 0.1) is 9.88 Å². The number of nitrogens with zero attached hydrogens (tertiary/aromatic N) is 2. The fourth-order valence-electron chi connectivity index (χ4n) is 3.19. The molecule has 6 heteroatoms. The number of hydrogen-bond acceptors (Lipinski definition) is 4. The third-order valence-electron chi connectivity index (χ3n) is 4.51. The van der Waals surface area contributed by atoms with Gasteiger partial charge in [-0.3, -0.25) is 9.69 Å². The minimum absolute atomic E-state index is 0.277. The van der Waals surface area contributed by atoms with Crippen molar-refractivity contribution in [1.29, 1.82) is 0 Å². The fraction of sp³-hybridized carbons (Fsp3) is 0.667. The van der Waals surface area contributed by atoms with Crippen LogP contribution in [0.2, 0.25) is 4.34 Å². The predicted octanol–water partition coefficient (Wildman–Crippen LogP) is 2.19. The first kappa shape index (κ1) is 15.3. The van der Waals surface area contributed by atoms with Gasteiger partial charge in [-0.25, -0.2) is 0 Å². The van der Waals surface area contributed by atoms with Crippen molar-refractivity contribution in [3.8, 4) is 0 Å².